The highest BCUT2D eigenvalue weighted by molar-refractivity contribution is 9.09. The van der Waals surface area contributed by atoms with Crippen LogP contribution in [0.4, 0.5) is 0 Å². The molecular formula is C14H17BrOS. The van der Waals surface area contributed by atoms with Gasteiger partial charge >= 0.3 is 0 Å². The van der Waals surface area contributed by atoms with Crippen molar-refractivity contribution < 1.29 is 4.42 Å². The minimum Gasteiger partial charge on any atom is -0.465 e. The lowest BCUT2D eigenvalue weighted by atomic mass is 9.95. The zero-order valence-electron chi connectivity index (χ0n) is 10.6. The molecule has 1 unspecified atom stereocenters. The molecule has 2 heterocycles. The Balaban J connectivity index is 2.26. The summed E-state index contributed by atoms with van der Waals surface area (Å²) in [5.74, 6) is 1.93. The first-order valence-electron chi connectivity index (χ1n) is 5.68. The highest BCUT2D eigenvalue weighted by atomic mass is 79.9. The lowest BCUT2D eigenvalue weighted by Crippen LogP contribution is -2.07. The van der Waals surface area contributed by atoms with Gasteiger partial charge in [-0.3, -0.25) is 0 Å². The zero-order chi connectivity index (χ0) is 12.6. The number of rotatable bonds is 2. The van der Waals surface area contributed by atoms with Gasteiger partial charge in [0.15, 0.2) is 0 Å². The van der Waals surface area contributed by atoms with Crippen LogP contribution in [0.25, 0.3) is 0 Å². The van der Waals surface area contributed by atoms with Crippen LogP contribution in [0.5, 0.6) is 0 Å². The van der Waals surface area contributed by atoms with Crippen molar-refractivity contribution in [3.8, 4) is 0 Å². The number of aryl methyl sites for hydroxylation is 1. The zero-order valence-corrected chi connectivity index (χ0v) is 13.0. The largest absolute Gasteiger partial charge is 0.465 e. The van der Waals surface area contributed by atoms with Crippen molar-refractivity contribution in [2.75, 3.05) is 0 Å². The smallest absolute Gasteiger partial charge is 0.123 e. The van der Waals surface area contributed by atoms with Gasteiger partial charge in [-0.1, -0.05) is 36.7 Å². The van der Waals surface area contributed by atoms with Crippen molar-refractivity contribution in [2.45, 2.75) is 37.9 Å². The minimum atomic E-state index is 0.164. The Morgan fingerprint density at radius 2 is 1.88 bits per heavy atom. The maximum atomic E-state index is 5.65. The number of hydrogen-bond donors (Lipinski definition) is 0. The van der Waals surface area contributed by atoms with E-state index in [9.17, 15) is 0 Å². The molecule has 0 spiro atoms. The fourth-order valence-electron chi connectivity index (χ4n) is 1.62. The molecule has 2 aromatic rings. The quantitative estimate of drug-likeness (QED) is 0.674. The summed E-state index contributed by atoms with van der Waals surface area (Å²) < 4.78 is 5.65. The second-order valence-corrected chi connectivity index (χ2v) is 7.29. The third-order valence-electron chi connectivity index (χ3n) is 2.63. The molecule has 0 amide bonds. The van der Waals surface area contributed by atoms with Gasteiger partial charge in [-0.2, -0.15) is 0 Å². The van der Waals surface area contributed by atoms with E-state index in [1.54, 1.807) is 0 Å². The molecule has 1 atom stereocenters. The molecule has 17 heavy (non-hydrogen) atoms. The van der Waals surface area contributed by atoms with Crippen LogP contribution in [0.1, 0.15) is 46.9 Å². The Hall–Kier alpha value is -0.540. The molecular weight excluding hydrogens is 296 g/mol. The molecule has 0 aliphatic heterocycles. The summed E-state index contributed by atoms with van der Waals surface area (Å²) in [6.45, 7) is 8.69. The van der Waals surface area contributed by atoms with Crippen LogP contribution >= 0.6 is 27.3 Å². The molecule has 0 N–H and O–H groups in total. The van der Waals surface area contributed by atoms with Crippen LogP contribution in [0.2, 0.25) is 0 Å². The van der Waals surface area contributed by atoms with Gasteiger partial charge in [-0.05, 0) is 36.6 Å². The normalized spacial score (nSPS) is 13.9. The van der Waals surface area contributed by atoms with E-state index >= 15 is 0 Å². The topological polar surface area (TPSA) is 13.1 Å². The van der Waals surface area contributed by atoms with Crippen molar-refractivity contribution in [1.29, 1.82) is 0 Å². The van der Waals surface area contributed by atoms with Gasteiger partial charge in [0.2, 0.25) is 0 Å². The second kappa shape index (κ2) is 4.62. The molecule has 0 radical (unpaired) electrons. The number of furan rings is 1. The van der Waals surface area contributed by atoms with Crippen LogP contribution in [-0.4, -0.2) is 0 Å². The molecule has 2 aromatic heterocycles. The first kappa shape index (κ1) is 12.9. The third-order valence-corrected chi connectivity index (χ3v) is 5.45. The van der Waals surface area contributed by atoms with Crippen molar-refractivity contribution in [3.05, 3.63) is 45.5 Å². The molecule has 3 heteroatoms. The van der Waals surface area contributed by atoms with E-state index in [1.165, 1.54) is 9.75 Å². The van der Waals surface area contributed by atoms with Gasteiger partial charge in [-0.25, -0.2) is 0 Å². The van der Waals surface area contributed by atoms with E-state index in [-0.39, 0.29) is 10.2 Å². The Labute approximate surface area is 115 Å². The summed E-state index contributed by atoms with van der Waals surface area (Å²) >= 11 is 5.55. The maximum absolute atomic E-state index is 5.65. The van der Waals surface area contributed by atoms with Crippen LogP contribution < -0.4 is 0 Å². The fraction of sp³-hybridized carbons (Fsp3) is 0.429. The van der Waals surface area contributed by atoms with Crippen molar-refractivity contribution in [3.63, 3.8) is 0 Å². The molecule has 0 bridgehead atoms. The second-order valence-electron chi connectivity index (χ2n) is 5.26. The Bertz CT molecular complexity index is 504. The van der Waals surface area contributed by atoms with Gasteiger partial charge in [0.25, 0.3) is 0 Å². The molecule has 0 saturated carbocycles. The molecule has 0 aromatic carbocycles. The lowest BCUT2D eigenvalue weighted by Gasteiger charge is -2.15. The maximum Gasteiger partial charge on any atom is 0.123 e. The molecule has 0 saturated heterocycles. The molecule has 1 nitrogen and oxygen atoms in total. The Morgan fingerprint density at radius 1 is 1.18 bits per heavy atom. The lowest BCUT2D eigenvalue weighted by molar-refractivity contribution is 0.493. The van der Waals surface area contributed by atoms with Gasteiger partial charge < -0.3 is 4.42 Å². The van der Waals surface area contributed by atoms with Gasteiger partial charge in [0.1, 0.15) is 16.3 Å². The summed E-state index contributed by atoms with van der Waals surface area (Å²) in [6.07, 6.45) is 0. The summed E-state index contributed by atoms with van der Waals surface area (Å²) in [5.41, 5.74) is 0.217. The van der Waals surface area contributed by atoms with Crippen LogP contribution in [0.3, 0.4) is 0 Å². The predicted molar refractivity (Wildman–Crippen MR) is 77.2 cm³/mol. The molecule has 0 aliphatic carbocycles. The molecule has 0 fully saturated rings. The van der Waals surface area contributed by atoms with Gasteiger partial charge in [0, 0.05) is 9.75 Å². The first-order valence-corrected chi connectivity index (χ1v) is 7.42. The van der Waals surface area contributed by atoms with E-state index < -0.39 is 0 Å². The number of hydrogen-bond acceptors (Lipinski definition) is 2. The summed E-state index contributed by atoms with van der Waals surface area (Å²) in [4.78, 5) is 2.86. The molecule has 0 aliphatic rings. The standard InChI is InChI=1S/C14H17BrOS/c1-9-5-6-10(16-9)13(15)11-7-8-12(17-11)14(2,3)4/h5-8,13H,1-4H3. The van der Waals surface area contributed by atoms with Crippen molar-refractivity contribution in [1.82, 2.24) is 0 Å². The number of thiophene rings is 1. The van der Waals surface area contributed by atoms with Crippen LogP contribution in [0.15, 0.2) is 28.7 Å². The van der Waals surface area contributed by atoms with E-state index in [0.717, 1.165) is 11.5 Å². The third kappa shape index (κ3) is 2.83. The highest BCUT2D eigenvalue weighted by Crippen LogP contribution is 2.39. The predicted octanol–water partition coefficient (Wildman–Crippen LogP) is 5.43. The summed E-state index contributed by atoms with van der Waals surface area (Å²) in [5, 5.41) is 0. The van der Waals surface area contributed by atoms with Crippen LogP contribution in [-0.2, 0) is 5.41 Å². The Morgan fingerprint density at radius 3 is 2.35 bits per heavy atom. The SMILES string of the molecule is Cc1ccc(C(Br)c2ccc(C(C)(C)C)s2)o1. The van der Waals surface area contributed by atoms with Gasteiger partial charge in [0.05, 0.1) is 0 Å². The summed E-state index contributed by atoms with van der Waals surface area (Å²) in [6, 6.07) is 8.43. The monoisotopic (exact) mass is 312 g/mol. The highest BCUT2D eigenvalue weighted by Gasteiger charge is 2.20. The van der Waals surface area contributed by atoms with Crippen molar-refractivity contribution in [2.24, 2.45) is 0 Å². The Kier molecular flexibility index (Phi) is 3.50. The minimum absolute atomic E-state index is 0.164. The van der Waals surface area contributed by atoms with Crippen LogP contribution in [0, 0.1) is 6.92 Å². The van der Waals surface area contributed by atoms with E-state index in [2.05, 4.69) is 48.8 Å². The van der Waals surface area contributed by atoms with Crippen molar-refractivity contribution >= 4 is 27.3 Å². The summed E-state index contributed by atoms with van der Waals surface area (Å²) in [7, 11) is 0. The number of halogens is 1. The average molecular weight is 313 g/mol. The van der Waals surface area contributed by atoms with E-state index in [1.807, 2.05) is 30.4 Å². The molecule has 2 rings (SSSR count). The average Bonchev–Trinajstić information content (AvgIpc) is 2.83. The van der Waals surface area contributed by atoms with E-state index in [0.29, 0.717) is 0 Å². The van der Waals surface area contributed by atoms with Gasteiger partial charge in [-0.15, -0.1) is 11.3 Å². The number of alkyl halides is 1. The molecule has 92 valence electrons. The fourth-order valence-corrected chi connectivity index (χ4v) is 3.35. The van der Waals surface area contributed by atoms with E-state index in [4.69, 9.17) is 4.42 Å². The first-order chi connectivity index (χ1) is 7.88.